The fourth-order valence-electron chi connectivity index (χ4n) is 1.81. The van der Waals surface area contributed by atoms with Crippen LogP contribution in [0.2, 0.25) is 0 Å². The average molecular weight is 241 g/mol. The number of nitrogens with two attached hydrogens (primary N) is 1. The first-order chi connectivity index (χ1) is 8.18. The van der Waals surface area contributed by atoms with E-state index in [1.165, 1.54) is 51.4 Å². The second kappa shape index (κ2) is 12.1. The quantitative estimate of drug-likeness (QED) is 0.427. The molecule has 0 radical (unpaired) electrons. The lowest BCUT2D eigenvalue weighted by molar-refractivity contribution is 0.198. The molecule has 0 bridgehead atoms. The first-order valence-corrected chi connectivity index (χ1v) is 7.28. The van der Waals surface area contributed by atoms with E-state index in [4.69, 9.17) is 5.73 Å². The van der Waals surface area contributed by atoms with Crippen molar-refractivity contribution in [2.45, 2.75) is 83.8 Å². The molecule has 102 valence electrons. The molecule has 0 aliphatic heterocycles. The van der Waals surface area contributed by atoms with E-state index in [-0.39, 0.29) is 6.04 Å². The number of aliphatic hydroxyl groups excluding tert-OH is 1. The Bertz CT molecular complexity index is 178. The Morgan fingerprint density at radius 3 is 2.06 bits per heavy atom. The number of aliphatic hydroxyl groups is 1. The van der Waals surface area contributed by atoms with Crippen molar-refractivity contribution in [3.8, 4) is 0 Å². The van der Waals surface area contributed by atoms with E-state index in [1.807, 2.05) is 13.0 Å². The molecule has 0 aliphatic carbocycles. The number of allylic oxidation sites excluding steroid dienone is 1. The predicted molar refractivity (Wildman–Crippen MR) is 76.0 cm³/mol. The molecule has 0 saturated heterocycles. The van der Waals surface area contributed by atoms with Crippen LogP contribution in [0.15, 0.2) is 12.2 Å². The summed E-state index contributed by atoms with van der Waals surface area (Å²) in [5.41, 5.74) is 5.56. The molecule has 0 amide bonds. The summed E-state index contributed by atoms with van der Waals surface area (Å²) >= 11 is 0. The second-order valence-electron chi connectivity index (χ2n) is 5.04. The second-order valence-corrected chi connectivity index (χ2v) is 5.04. The van der Waals surface area contributed by atoms with Crippen LogP contribution < -0.4 is 5.73 Å². The average Bonchev–Trinajstić information content (AvgIpc) is 2.31. The summed E-state index contributed by atoms with van der Waals surface area (Å²) in [4.78, 5) is 0. The zero-order chi connectivity index (χ0) is 12.9. The van der Waals surface area contributed by atoms with Gasteiger partial charge in [0.25, 0.3) is 0 Å². The first kappa shape index (κ1) is 16.7. The van der Waals surface area contributed by atoms with Gasteiger partial charge in [0.1, 0.15) is 0 Å². The molecule has 0 aromatic heterocycles. The third-order valence-corrected chi connectivity index (χ3v) is 3.10. The Morgan fingerprint density at radius 2 is 1.53 bits per heavy atom. The molecule has 2 unspecified atom stereocenters. The summed E-state index contributed by atoms with van der Waals surface area (Å²) in [7, 11) is 0. The molecule has 0 heterocycles. The van der Waals surface area contributed by atoms with E-state index in [9.17, 15) is 5.11 Å². The summed E-state index contributed by atoms with van der Waals surface area (Å²) < 4.78 is 0. The van der Waals surface area contributed by atoms with E-state index in [1.54, 1.807) is 0 Å². The molecule has 0 rings (SSSR count). The van der Waals surface area contributed by atoms with Gasteiger partial charge in [0, 0.05) is 6.04 Å². The summed E-state index contributed by atoms with van der Waals surface area (Å²) in [5, 5.41) is 9.44. The predicted octanol–water partition coefficient (Wildman–Crippen LogP) is 3.78. The van der Waals surface area contributed by atoms with Crippen LogP contribution in [0.5, 0.6) is 0 Å². The number of rotatable bonds is 11. The molecule has 2 nitrogen and oxygen atoms in total. The highest BCUT2D eigenvalue weighted by Crippen LogP contribution is 2.09. The molecule has 0 aliphatic rings. The van der Waals surface area contributed by atoms with Crippen LogP contribution in [0.1, 0.15) is 71.6 Å². The van der Waals surface area contributed by atoms with Gasteiger partial charge >= 0.3 is 0 Å². The lowest BCUT2D eigenvalue weighted by atomic mass is 10.1. The maximum atomic E-state index is 9.44. The maximum Gasteiger partial charge on any atom is 0.0869 e. The van der Waals surface area contributed by atoms with Gasteiger partial charge in [-0.1, -0.05) is 64.0 Å². The minimum atomic E-state index is -0.482. The molecular weight excluding hydrogens is 210 g/mol. The first-order valence-electron chi connectivity index (χ1n) is 7.28. The van der Waals surface area contributed by atoms with E-state index >= 15 is 0 Å². The molecule has 0 fully saturated rings. The molecule has 0 spiro atoms. The Hall–Kier alpha value is -0.340. The van der Waals surface area contributed by atoms with Crippen molar-refractivity contribution < 1.29 is 5.11 Å². The Balaban J connectivity index is 3.18. The van der Waals surface area contributed by atoms with Crippen LogP contribution in [0.4, 0.5) is 0 Å². The molecule has 0 saturated carbocycles. The molecule has 2 atom stereocenters. The van der Waals surface area contributed by atoms with Crippen LogP contribution in [0.25, 0.3) is 0 Å². The smallest absolute Gasteiger partial charge is 0.0869 e. The molecule has 3 N–H and O–H groups in total. The van der Waals surface area contributed by atoms with Crippen LogP contribution in [-0.4, -0.2) is 17.3 Å². The van der Waals surface area contributed by atoms with Gasteiger partial charge in [0.2, 0.25) is 0 Å². The number of hydrogen-bond donors (Lipinski definition) is 2. The largest absolute Gasteiger partial charge is 0.387 e. The third kappa shape index (κ3) is 11.9. The summed E-state index contributed by atoms with van der Waals surface area (Å²) in [6, 6.07) is -0.162. The van der Waals surface area contributed by atoms with Crippen molar-refractivity contribution in [3.63, 3.8) is 0 Å². The van der Waals surface area contributed by atoms with Gasteiger partial charge in [-0.3, -0.25) is 0 Å². The van der Waals surface area contributed by atoms with E-state index < -0.39 is 6.10 Å². The van der Waals surface area contributed by atoms with Crippen molar-refractivity contribution in [2.75, 3.05) is 0 Å². The van der Waals surface area contributed by atoms with Crippen LogP contribution in [0, 0.1) is 0 Å². The van der Waals surface area contributed by atoms with Gasteiger partial charge in [-0.2, -0.15) is 0 Å². The molecular formula is C15H31NO. The Morgan fingerprint density at radius 1 is 1.00 bits per heavy atom. The van der Waals surface area contributed by atoms with Crippen molar-refractivity contribution in [1.29, 1.82) is 0 Å². The lowest BCUT2D eigenvalue weighted by Gasteiger charge is -2.08. The minimum absolute atomic E-state index is 0.162. The van der Waals surface area contributed by atoms with Gasteiger partial charge in [-0.25, -0.2) is 0 Å². The fourth-order valence-corrected chi connectivity index (χ4v) is 1.81. The highest BCUT2D eigenvalue weighted by molar-refractivity contribution is 4.92. The maximum absolute atomic E-state index is 9.44. The highest BCUT2D eigenvalue weighted by atomic mass is 16.3. The molecule has 0 aromatic rings. The fraction of sp³-hybridized carbons (Fsp3) is 0.867. The molecule has 17 heavy (non-hydrogen) atoms. The summed E-state index contributed by atoms with van der Waals surface area (Å²) in [6.45, 7) is 4.08. The van der Waals surface area contributed by atoms with Gasteiger partial charge in [0.15, 0.2) is 0 Å². The minimum Gasteiger partial charge on any atom is -0.387 e. The third-order valence-electron chi connectivity index (χ3n) is 3.10. The van der Waals surface area contributed by atoms with Crippen molar-refractivity contribution in [3.05, 3.63) is 12.2 Å². The summed E-state index contributed by atoms with van der Waals surface area (Å²) in [6.07, 6.45) is 15.3. The lowest BCUT2D eigenvalue weighted by Crippen LogP contribution is -2.29. The van der Waals surface area contributed by atoms with E-state index in [0.29, 0.717) is 0 Å². The monoisotopic (exact) mass is 241 g/mol. The molecule has 0 aromatic carbocycles. The van der Waals surface area contributed by atoms with Gasteiger partial charge < -0.3 is 10.8 Å². The molecule has 2 heteroatoms. The van der Waals surface area contributed by atoms with Crippen molar-refractivity contribution in [2.24, 2.45) is 5.73 Å². The zero-order valence-electron chi connectivity index (χ0n) is 11.7. The zero-order valence-corrected chi connectivity index (χ0v) is 11.7. The topological polar surface area (TPSA) is 46.2 Å². The number of hydrogen-bond acceptors (Lipinski definition) is 2. The van der Waals surface area contributed by atoms with Gasteiger partial charge in [-0.05, 0) is 19.8 Å². The van der Waals surface area contributed by atoms with Crippen molar-refractivity contribution in [1.82, 2.24) is 0 Å². The van der Waals surface area contributed by atoms with Gasteiger partial charge in [-0.15, -0.1) is 0 Å². The van der Waals surface area contributed by atoms with Crippen LogP contribution >= 0.6 is 0 Å². The highest BCUT2D eigenvalue weighted by Gasteiger charge is 2.02. The van der Waals surface area contributed by atoms with E-state index in [2.05, 4.69) is 13.0 Å². The SMILES string of the molecule is CCCCCCCCCC/C=C/C(O)C(C)N. The normalized spacial score (nSPS) is 15.3. The van der Waals surface area contributed by atoms with Crippen molar-refractivity contribution >= 4 is 0 Å². The Kier molecular flexibility index (Phi) is 11.9. The summed E-state index contributed by atoms with van der Waals surface area (Å²) in [5.74, 6) is 0. The van der Waals surface area contributed by atoms with Crippen LogP contribution in [0.3, 0.4) is 0 Å². The van der Waals surface area contributed by atoms with E-state index in [0.717, 1.165) is 6.42 Å². The standard InChI is InChI=1S/C15H31NO/c1-3-4-5-6-7-8-9-10-11-12-13-15(17)14(2)16/h12-15,17H,3-11,16H2,1-2H3/b13-12+. The van der Waals surface area contributed by atoms with Gasteiger partial charge in [0.05, 0.1) is 6.10 Å². The number of unbranched alkanes of at least 4 members (excludes halogenated alkanes) is 8. The Labute approximate surface area is 107 Å². The van der Waals surface area contributed by atoms with Crippen LogP contribution in [-0.2, 0) is 0 Å².